The summed E-state index contributed by atoms with van der Waals surface area (Å²) >= 11 is 2.08. The van der Waals surface area contributed by atoms with Gasteiger partial charge in [0.05, 0.1) is 12.2 Å². The quantitative estimate of drug-likeness (QED) is 0.898. The normalized spacial score (nSPS) is 26.5. The number of nitrogens with zero attached hydrogens (tertiary/aromatic N) is 3. The van der Waals surface area contributed by atoms with Crippen LogP contribution < -0.4 is 5.73 Å². The Morgan fingerprint density at radius 1 is 1.42 bits per heavy atom. The monoisotopic (exact) mass is 282 g/mol. The topological polar surface area (TPSA) is 47.1 Å². The van der Waals surface area contributed by atoms with E-state index in [1.807, 2.05) is 10.9 Å². The number of nitrogens with two attached hydrogens (primary N) is 1. The molecule has 1 aliphatic rings. The fourth-order valence-corrected chi connectivity index (χ4v) is 4.22. The Labute approximate surface area is 120 Å². The second kappa shape index (κ2) is 6.77. The van der Waals surface area contributed by atoms with Crippen molar-refractivity contribution in [3.05, 3.63) is 18.0 Å². The van der Waals surface area contributed by atoms with E-state index < -0.39 is 0 Å². The van der Waals surface area contributed by atoms with Gasteiger partial charge < -0.3 is 5.73 Å². The summed E-state index contributed by atoms with van der Waals surface area (Å²) in [6.45, 7) is 10.7. The van der Waals surface area contributed by atoms with Gasteiger partial charge in [0.15, 0.2) is 0 Å². The Hall–Kier alpha value is -0.520. The van der Waals surface area contributed by atoms with Crippen LogP contribution in [0.25, 0.3) is 0 Å². The van der Waals surface area contributed by atoms with Crippen molar-refractivity contribution in [3.63, 3.8) is 0 Å². The molecular weight excluding hydrogens is 256 g/mol. The molecule has 4 nitrogen and oxygen atoms in total. The van der Waals surface area contributed by atoms with Gasteiger partial charge in [-0.3, -0.25) is 9.58 Å². The highest BCUT2D eigenvalue weighted by Gasteiger charge is 2.28. The lowest BCUT2D eigenvalue weighted by atomic mass is 10.1. The number of hydrogen-bond acceptors (Lipinski definition) is 4. The zero-order valence-electron chi connectivity index (χ0n) is 12.2. The zero-order valence-corrected chi connectivity index (χ0v) is 13.1. The average Bonchev–Trinajstić information content (AvgIpc) is 2.78. The van der Waals surface area contributed by atoms with Gasteiger partial charge in [-0.1, -0.05) is 20.8 Å². The molecule has 0 saturated carbocycles. The van der Waals surface area contributed by atoms with Crippen LogP contribution in [0, 0.1) is 0 Å². The molecule has 1 aromatic rings. The maximum absolute atomic E-state index is 6.02. The minimum Gasteiger partial charge on any atom is -0.329 e. The van der Waals surface area contributed by atoms with E-state index >= 15 is 0 Å². The summed E-state index contributed by atoms with van der Waals surface area (Å²) in [6.07, 6.45) is 5.27. The van der Waals surface area contributed by atoms with Gasteiger partial charge in [-0.05, 0) is 6.42 Å². The molecule has 1 saturated heterocycles. The number of rotatable bonds is 5. The Kier molecular flexibility index (Phi) is 5.30. The summed E-state index contributed by atoms with van der Waals surface area (Å²) in [4.78, 5) is 2.53. The molecule has 3 unspecified atom stereocenters. The predicted octanol–water partition coefficient (Wildman–Crippen LogP) is 2.12. The number of thioether (sulfide) groups is 1. The third kappa shape index (κ3) is 3.74. The molecule has 1 aromatic heterocycles. The SMILES string of the molecule is CCCn1cc(C(CN)N2CC(C)SC(C)C2)cn1. The van der Waals surface area contributed by atoms with Gasteiger partial charge in [0.2, 0.25) is 0 Å². The molecule has 0 aliphatic carbocycles. The first-order chi connectivity index (χ1) is 9.13. The lowest BCUT2D eigenvalue weighted by Gasteiger charge is -2.39. The molecule has 2 N–H and O–H groups in total. The van der Waals surface area contributed by atoms with E-state index in [4.69, 9.17) is 5.73 Å². The van der Waals surface area contributed by atoms with Crippen LogP contribution in [-0.2, 0) is 6.54 Å². The van der Waals surface area contributed by atoms with E-state index in [0.29, 0.717) is 23.1 Å². The Bertz CT molecular complexity index is 383. The third-order valence-corrected chi connectivity index (χ3v) is 4.83. The molecule has 0 bridgehead atoms. The fraction of sp³-hybridized carbons (Fsp3) is 0.786. The van der Waals surface area contributed by atoms with Gasteiger partial charge in [-0.2, -0.15) is 16.9 Å². The van der Waals surface area contributed by atoms with Gasteiger partial charge >= 0.3 is 0 Å². The van der Waals surface area contributed by atoms with Crippen molar-refractivity contribution in [2.24, 2.45) is 5.73 Å². The minimum atomic E-state index is 0.316. The Morgan fingerprint density at radius 3 is 2.68 bits per heavy atom. The predicted molar refractivity (Wildman–Crippen MR) is 82.4 cm³/mol. The highest BCUT2D eigenvalue weighted by molar-refractivity contribution is 8.00. The molecule has 0 spiro atoms. The second-order valence-electron chi connectivity index (χ2n) is 5.50. The molecule has 108 valence electrons. The second-order valence-corrected chi connectivity index (χ2v) is 7.38. The summed E-state index contributed by atoms with van der Waals surface area (Å²) in [7, 11) is 0. The molecule has 1 fully saturated rings. The van der Waals surface area contributed by atoms with E-state index in [2.05, 4.69) is 48.7 Å². The molecule has 3 atom stereocenters. The van der Waals surface area contributed by atoms with E-state index in [9.17, 15) is 0 Å². The van der Waals surface area contributed by atoms with Gasteiger partial charge in [0.1, 0.15) is 0 Å². The van der Waals surface area contributed by atoms with Crippen LogP contribution in [0.5, 0.6) is 0 Å². The molecule has 0 radical (unpaired) electrons. The van der Waals surface area contributed by atoms with Crippen molar-refractivity contribution in [2.45, 2.75) is 50.3 Å². The first-order valence-electron chi connectivity index (χ1n) is 7.26. The lowest BCUT2D eigenvalue weighted by molar-refractivity contribution is 0.199. The Balaban J connectivity index is 2.09. The highest BCUT2D eigenvalue weighted by Crippen LogP contribution is 2.30. The molecule has 0 aromatic carbocycles. The molecule has 2 rings (SSSR count). The maximum Gasteiger partial charge on any atom is 0.0538 e. The van der Waals surface area contributed by atoms with Crippen molar-refractivity contribution < 1.29 is 0 Å². The van der Waals surface area contributed by atoms with E-state index in [1.54, 1.807) is 0 Å². The van der Waals surface area contributed by atoms with Gasteiger partial charge in [0.25, 0.3) is 0 Å². The average molecular weight is 282 g/mol. The summed E-state index contributed by atoms with van der Waals surface area (Å²) in [6, 6.07) is 0.316. The van der Waals surface area contributed by atoms with Crippen LogP contribution in [0.2, 0.25) is 0 Å². The molecule has 2 heterocycles. The smallest absolute Gasteiger partial charge is 0.0538 e. The summed E-state index contributed by atoms with van der Waals surface area (Å²) in [5, 5.41) is 5.80. The van der Waals surface area contributed by atoms with Crippen molar-refractivity contribution in [3.8, 4) is 0 Å². The lowest BCUT2D eigenvalue weighted by Crippen LogP contribution is -2.44. The van der Waals surface area contributed by atoms with Gasteiger partial charge in [-0.25, -0.2) is 0 Å². The standard InChI is InChI=1S/C14H26N4S/c1-4-5-18-10-13(7-16-18)14(6-15)17-8-11(2)19-12(3)9-17/h7,10-12,14H,4-6,8-9,15H2,1-3H3. The summed E-state index contributed by atoms with van der Waals surface area (Å²) in [5.41, 5.74) is 7.29. The summed E-state index contributed by atoms with van der Waals surface area (Å²) < 4.78 is 2.03. The van der Waals surface area contributed by atoms with Crippen LogP contribution >= 0.6 is 11.8 Å². The van der Waals surface area contributed by atoms with Gasteiger partial charge in [-0.15, -0.1) is 0 Å². The van der Waals surface area contributed by atoms with Crippen molar-refractivity contribution in [1.82, 2.24) is 14.7 Å². The summed E-state index contributed by atoms with van der Waals surface area (Å²) in [5.74, 6) is 0. The molecular formula is C14H26N4S. The van der Waals surface area contributed by atoms with Crippen molar-refractivity contribution in [1.29, 1.82) is 0 Å². The maximum atomic E-state index is 6.02. The Morgan fingerprint density at radius 2 is 2.11 bits per heavy atom. The largest absolute Gasteiger partial charge is 0.329 e. The van der Waals surface area contributed by atoms with Crippen LogP contribution in [0.3, 0.4) is 0 Å². The minimum absolute atomic E-state index is 0.316. The molecule has 5 heteroatoms. The van der Waals surface area contributed by atoms with Crippen LogP contribution in [0.15, 0.2) is 12.4 Å². The fourth-order valence-electron chi connectivity index (χ4n) is 2.87. The van der Waals surface area contributed by atoms with E-state index in [0.717, 1.165) is 26.1 Å². The van der Waals surface area contributed by atoms with Crippen LogP contribution in [0.1, 0.15) is 38.8 Å². The van der Waals surface area contributed by atoms with E-state index in [1.165, 1.54) is 5.56 Å². The number of aryl methyl sites for hydroxylation is 1. The first kappa shape index (κ1) is 14.9. The number of hydrogen-bond donors (Lipinski definition) is 1. The molecule has 19 heavy (non-hydrogen) atoms. The highest BCUT2D eigenvalue weighted by atomic mass is 32.2. The first-order valence-corrected chi connectivity index (χ1v) is 8.20. The van der Waals surface area contributed by atoms with Crippen LogP contribution in [-0.4, -0.2) is 44.8 Å². The molecule has 1 aliphatic heterocycles. The van der Waals surface area contributed by atoms with Crippen LogP contribution in [0.4, 0.5) is 0 Å². The molecule has 0 amide bonds. The zero-order chi connectivity index (χ0) is 13.8. The van der Waals surface area contributed by atoms with Crippen molar-refractivity contribution >= 4 is 11.8 Å². The van der Waals surface area contributed by atoms with Gasteiger partial charge in [0, 0.05) is 48.4 Å². The third-order valence-electron chi connectivity index (χ3n) is 3.60. The number of aromatic nitrogens is 2. The van der Waals surface area contributed by atoms with E-state index in [-0.39, 0.29) is 0 Å². The van der Waals surface area contributed by atoms with Crippen molar-refractivity contribution in [2.75, 3.05) is 19.6 Å².